The molecule has 0 aliphatic rings. The molecule has 0 radical (unpaired) electrons. The molecule has 0 unspecified atom stereocenters. The number of pyridine rings is 1. The SMILES string of the molecule is NC(=O)/C(=C\c1c[nH]c2ncccc12)c1ccc(O)c(O)c1. The van der Waals surface area contributed by atoms with Crippen LogP contribution in [0.2, 0.25) is 0 Å². The fraction of sp³-hybridized carbons (Fsp3) is 0. The van der Waals surface area contributed by atoms with Gasteiger partial charge in [0.1, 0.15) is 5.65 Å². The number of rotatable bonds is 3. The van der Waals surface area contributed by atoms with Crippen LogP contribution in [0, 0.1) is 0 Å². The zero-order chi connectivity index (χ0) is 15.7. The molecular weight excluding hydrogens is 282 g/mol. The molecule has 6 heteroatoms. The maximum Gasteiger partial charge on any atom is 0.249 e. The Hall–Kier alpha value is -3.28. The number of fused-ring (bicyclic) bond motifs is 1. The van der Waals surface area contributed by atoms with E-state index >= 15 is 0 Å². The van der Waals surface area contributed by atoms with E-state index in [1.54, 1.807) is 24.5 Å². The number of phenols is 2. The summed E-state index contributed by atoms with van der Waals surface area (Å²) in [5.74, 6) is -1.21. The van der Waals surface area contributed by atoms with Gasteiger partial charge in [0.15, 0.2) is 11.5 Å². The minimum absolute atomic E-state index is 0.222. The Morgan fingerprint density at radius 3 is 2.77 bits per heavy atom. The molecule has 0 saturated heterocycles. The summed E-state index contributed by atoms with van der Waals surface area (Å²) in [7, 11) is 0. The number of hydrogen-bond donors (Lipinski definition) is 4. The summed E-state index contributed by atoms with van der Waals surface area (Å²) in [5.41, 5.74) is 7.53. The van der Waals surface area contributed by atoms with Crippen LogP contribution in [-0.2, 0) is 4.79 Å². The highest BCUT2D eigenvalue weighted by atomic mass is 16.3. The molecule has 0 bridgehead atoms. The lowest BCUT2D eigenvalue weighted by molar-refractivity contribution is -0.112. The molecule has 0 spiro atoms. The number of hydrogen-bond acceptors (Lipinski definition) is 4. The molecule has 0 aliphatic heterocycles. The topological polar surface area (TPSA) is 112 Å². The zero-order valence-corrected chi connectivity index (χ0v) is 11.4. The molecule has 22 heavy (non-hydrogen) atoms. The van der Waals surface area contributed by atoms with Crippen LogP contribution in [0.15, 0.2) is 42.7 Å². The van der Waals surface area contributed by atoms with Crippen molar-refractivity contribution in [1.29, 1.82) is 0 Å². The van der Waals surface area contributed by atoms with Gasteiger partial charge in [-0.05, 0) is 35.9 Å². The van der Waals surface area contributed by atoms with Crippen LogP contribution in [0.4, 0.5) is 0 Å². The summed E-state index contributed by atoms with van der Waals surface area (Å²) < 4.78 is 0. The number of phenolic OH excluding ortho intramolecular Hbond substituents is 2. The zero-order valence-electron chi connectivity index (χ0n) is 11.4. The third kappa shape index (κ3) is 2.37. The lowest BCUT2D eigenvalue weighted by Gasteiger charge is -2.05. The van der Waals surface area contributed by atoms with Gasteiger partial charge in [0.05, 0.1) is 0 Å². The highest BCUT2D eigenvalue weighted by molar-refractivity contribution is 6.24. The smallest absolute Gasteiger partial charge is 0.249 e. The van der Waals surface area contributed by atoms with E-state index in [2.05, 4.69) is 9.97 Å². The molecular formula is C16H13N3O3. The number of nitrogens with zero attached hydrogens (tertiary/aromatic N) is 1. The van der Waals surface area contributed by atoms with E-state index in [1.165, 1.54) is 18.2 Å². The summed E-state index contributed by atoms with van der Waals surface area (Å²) in [6.07, 6.45) is 5.01. The standard InChI is InChI=1S/C16H13N3O3/c17-15(22)12(9-3-4-13(20)14(21)7-9)6-10-8-19-16-11(10)2-1-5-18-16/h1-8,20-21H,(H2,17,22)(H,18,19)/b12-6-. The number of carbonyl (C=O) groups excluding carboxylic acids is 1. The number of aromatic nitrogens is 2. The summed E-state index contributed by atoms with van der Waals surface area (Å²) >= 11 is 0. The molecule has 1 aromatic carbocycles. The summed E-state index contributed by atoms with van der Waals surface area (Å²) in [4.78, 5) is 18.9. The monoisotopic (exact) mass is 295 g/mol. The number of aromatic amines is 1. The van der Waals surface area contributed by atoms with Crippen molar-refractivity contribution in [2.75, 3.05) is 0 Å². The van der Waals surface area contributed by atoms with Crippen molar-refractivity contribution in [3.05, 3.63) is 53.9 Å². The van der Waals surface area contributed by atoms with Crippen LogP contribution >= 0.6 is 0 Å². The van der Waals surface area contributed by atoms with E-state index in [4.69, 9.17) is 5.73 Å². The van der Waals surface area contributed by atoms with Gasteiger partial charge < -0.3 is 20.9 Å². The average molecular weight is 295 g/mol. The molecule has 0 aliphatic carbocycles. The molecule has 2 heterocycles. The van der Waals surface area contributed by atoms with Gasteiger partial charge in [-0.2, -0.15) is 0 Å². The Balaban J connectivity index is 2.15. The number of carbonyl (C=O) groups is 1. The first-order valence-corrected chi connectivity index (χ1v) is 6.52. The van der Waals surface area contributed by atoms with Gasteiger partial charge in [-0.1, -0.05) is 6.07 Å². The van der Waals surface area contributed by atoms with E-state index in [0.29, 0.717) is 11.2 Å². The van der Waals surface area contributed by atoms with Crippen molar-refractivity contribution in [3.63, 3.8) is 0 Å². The average Bonchev–Trinajstić information content (AvgIpc) is 2.91. The number of primary amides is 1. The summed E-state index contributed by atoms with van der Waals surface area (Å²) in [5, 5.41) is 19.8. The van der Waals surface area contributed by atoms with Gasteiger partial charge in [-0.15, -0.1) is 0 Å². The molecule has 2 aromatic heterocycles. The van der Waals surface area contributed by atoms with Crippen LogP contribution in [0.3, 0.4) is 0 Å². The summed E-state index contributed by atoms with van der Waals surface area (Å²) in [6, 6.07) is 7.78. The molecule has 0 saturated carbocycles. The summed E-state index contributed by atoms with van der Waals surface area (Å²) in [6.45, 7) is 0. The van der Waals surface area contributed by atoms with E-state index in [9.17, 15) is 15.0 Å². The minimum Gasteiger partial charge on any atom is -0.504 e. The number of benzene rings is 1. The van der Waals surface area contributed by atoms with Crippen molar-refractivity contribution in [2.24, 2.45) is 5.73 Å². The van der Waals surface area contributed by atoms with Crippen molar-refractivity contribution in [2.45, 2.75) is 0 Å². The van der Waals surface area contributed by atoms with Crippen molar-refractivity contribution >= 4 is 28.6 Å². The van der Waals surface area contributed by atoms with E-state index in [1.807, 2.05) is 6.07 Å². The molecule has 110 valence electrons. The van der Waals surface area contributed by atoms with Gasteiger partial charge in [0.25, 0.3) is 0 Å². The molecule has 5 N–H and O–H groups in total. The second kappa shape index (κ2) is 5.25. The highest BCUT2D eigenvalue weighted by Gasteiger charge is 2.12. The first kappa shape index (κ1) is 13.7. The van der Waals surface area contributed by atoms with Crippen molar-refractivity contribution < 1.29 is 15.0 Å². The first-order valence-electron chi connectivity index (χ1n) is 6.52. The highest BCUT2D eigenvalue weighted by Crippen LogP contribution is 2.30. The Kier molecular flexibility index (Phi) is 3.27. The molecule has 6 nitrogen and oxygen atoms in total. The van der Waals surface area contributed by atoms with Gasteiger partial charge >= 0.3 is 0 Å². The molecule has 3 aromatic rings. The number of amides is 1. The predicted molar refractivity (Wildman–Crippen MR) is 82.9 cm³/mol. The lowest BCUT2D eigenvalue weighted by Crippen LogP contribution is -2.12. The Labute approximate surface area is 125 Å². The van der Waals surface area contributed by atoms with Crippen molar-refractivity contribution in [3.8, 4) is 11.5 Å². The Morgan fingerprint density at radius 1 is 1.23 bits per heavy atom. The predicted octanol–water partition coefficient (Wildman–Crippen LogP) is 2.00. The third-order valence-electron chi connectivity index (χ3n) is 3.33. The normalized spacial score (nSPS) is 11.7. The fourth-order valence-corrected chi connectivity index (χ4v) is 2.24. The van der Waals surface area contributed by atoms with Gasteiger partial charge in [0.2, 0.25) is 5.91 Å². The fourth-order valence-electron chi connectivity index (χ4n) is 2.24. The minimum atomic E-state index is -0.636. The Bertz CT molecular complexity index is 897. The molecule has 0 atom stereocenters. The van der Waals surface area contributed by atoms with Crippen LogP contribution in [0.5, 0.6) is 11.5 Å². The quantitative estimate of drug-likeness (QED) is 0.437. The van der Waals surface area contributed by atoms with Crippen LogP contribution in [0.25, 0.3) is 22.7 Å². The van der Waals surface area contributed by atoms with Gasteiger partial charge in [-0.25, -0.2) is 4.98 Å². The van der Waals surface area contributed by atoms with E-state index in [-0.39, 0.29) is 17.1 Å². The lowest BCUT2D eigenvalue weighted by atomic mass is 10.0. The Morgan fingerprint density at radius 2 is 2.05 bits per heavy atom. The van der Waals surface area contributed by atoms with Crippen LogP contribution in [0.1, 0.15) is 11.1 Å². The van der Waals surface area contributed by atoms with Crippen molar-refractivity contribution in [1.82, 2.24) is 9.97 Å². The second-order valence-corrected chi connectivity index (χ2v) is 4.77. The maximum absolute atomic E-state index is 11.7. The van der Waals surface area contributed by atoms with Gasteiger partial charge in [0, 0.05) is 28.9 Å². The third-order valence-corrected chi connectivity index (χ3v) is 3.33. The first-order chi connectivity index (χ1) is 10.6. The number of H-pyrrole nitrogens is 1. The largest absolute Gasteiger partial charge is 0.504 e. The van der Waals surface area contributed by atoms with E-state index < -0.39 is 5.91 Å². The maximum atomic E-state index is 11.7. The number of nitrogens with two attached hydrogens (primary N) is 1. The van der Waals surface area contributed by atoms with E-state index in [0.717, 1.165) is 10.9 Å². The van der Waals surface area contributed by atoms with Crippen LogP contribution in [-0.4, -0.2) is 26.1 Å². The number of aromatic hydroxyl groups is 2. The van der Waals surface area contributed by atoms with Crippen LogP contribution < -0.4 is 5.73 Å². The number of nitrogens with one attached hydrogen (secondary N) is 1. The molecule has 3 rings (SSSR count). The van der Waals surface area contributed by atoms with Gasteiger partial charge in [-0.3, -0.25) is 4.79 Å². The molecule has 0 fully saturated rings. The molecule has 1 amide bonds. The second-order valence-electron chi connectivity index (χ2n) is 4.77.